The van der Waals surface area contributed by atoms with Crippen LogP contribution in [0.4, 0.5) is 0 Å². The molecular weight excluding hydrogens is 679 g/mol. The van der Waals surface area contributed by atoms with Crippen LogP contribution in [0, 0.1) is 0 Å². The predicted molar refractivity (Wildman–Crippen MR) is 222 cm³/mol. The largest absolute Gasteiger partial charge is 0.544 e. The fourth-order valence-corrected chi connectivity index (χ4v) is 6.83. The highest BCUT2D eigenvalue weighted by molar-refractivity contribution is 5.70. The molecule has 0 aromatic heterocycles. The van der Waals surface area contributed by atoms with Gasteiger partial charge in [0, 0.05) is 19.3 Å². The molecule has 8 nitrogen and oxygen atoms in total. The Morgan fingerprint density at radius 1 is 0.537 bits per heavy atom. The number of carbonyl (C=O) groups excluding carboxylic acids is 3. The van der Waals surface area contributed by atoms with E-state index in [0.717, 1.165) is 38.5 Å². The Kier molecular flexibility index (Phi) is 36.6. The number of unbranched alkanes of at least 4 members (excludes halogenated alkanes) is 25. The molecule has 0 radical (unpaired) electrons. The van der Waals surface area contributed by atoms with Crippen molar-refractivity contribution >= 4 is 17.9 Å². The van der Waals surface area contributed by atoms with E-state index >= 15 is 0 Å². The van der Waals surface area contributed by atoms with E-state index in [2.05, 4.69) is 26.0 Å². The van der Waals surface area contributed by atoms with Crippen molar-refractivity contribution in [2.24, 2.45) is 0 Å². The number of nitrogens with zero attached hydrogens (tertiary/aromatic N) is 1. The van der Waals surface area contributed by atoms with Crippen LogP contribution in [0.15, 0.2) is 12.2 Å². The summed E-state index contributed by atoms with van der Waals surface area (Å²) in [6.07, 6.45) is 39.4. The highest BCUT2D eigenvalue weighted by atomic mass is 16.6. The lowest BCUT2D eigenvalue weighted by Gasteiger charge is -2.34. The van der Waals surface area contributed by atoms with Crippen LogP contribution in [0.5, 0.6) is 0 Å². The first-order valence-electron chi connectivity index (χ1n) is 22.7. The van der Waals surface area contributed by atoms with E-state index in [0.29, 0.717) is 12.8 Å². The second kappa shape index (κ2) is 38.0. The maximum atomic E-state index is 12.7. The number of allylic oxidation sites excluding steroid dienone is 2. The van der Waals surface area contributed by atoms with Gasteiger partial charge in [0.15, 0.2) is 6.10 Å². The lowest BCUT2D eigenvalue weighted by Crippen LogP contribution is -2.55. The van der Waals surface area contributed by atoms with Crippen molar-refractivity contribution in [2.45, 2.75) is 225 Å². The van der Waals surface area contributed by atoms with E-state index in [1.54, 1.807) is 21.1 Å². The summed E-state index contributed by atoms with van der Waals surface area (Å²) in [5.41, 5.74) is 0. The monoisotopic (exact) mass is 766 g/mol. The van der Waals surface area contributed by atoms with Gasteiger partial charge in [-0.05, 0) is 38.5 Å². The first kappa shape index (κ1) is 52.1. The SMILES string of the molecule is CCCCCCCC/C=C\CCCCCCCCCC(=O)OC(COCCC(C(=O)[O-])[N+](C)(C)C)COC(=O)CCCCCCCCCCCCCCC. The number of likely N-dealkylation sites (N-methyl/N-ethyl adjacent to an activating group) is 1. The minimum Gasteiger partial charge on any atom is -0.544 e. The number of carbonyl (C=O) groups is 3. The van der Waals surface area contributed by atoms with E-state index in [4.69, 9.17) is 14.2 Å². The molecule has 0 N–H and O–H groups in total. The van der Waals surface area contributed by atoms with Crippen LogP contribution in [-0.4, -0.2) is 75.5 Å². The highest BCUT2D eigenvalue weighted by Crippen LogP contribution is 2.15. The summed E-state index contributed by atoms with van der Waals surface area (Å²) in [4.78, 5) is 36.8. The predicted octanol–water partition coefficient (Wildman–Crippen LogP) is 11.0. The summed E-state index contributed by atoms with van der Waals surface area (Å²) < 4.78 is 17.2. The van der Waals surface area contributed by atoms with Gasteiger partial charge in [-0.2, -0.15) is 0 Å². The van der Waals surface area contributed by atoms with Gasteiger partial charge in [-0.25, -0.2) is 0 Å². The Bertz CT molecular complexity index is 900. The third-order valence-corrected chi connectivity index (χ3v) is 10.4. The van der Waals surface area contributed by atoms with Crippen molar-refractivity contribution in [2.75, 3.05) is 41.0 Å². The number of carboxylic acids is 1. The summed E-state index contributed by atoms with van der Waals surface area (Å²) in [7, 11) is 5.41. The molecule has 318 valence electrons. The number of hydrogen-bond donors (Lipinski definition) is 0. The van der Waals surface area contributed by atoms with Crippen LogP contribution in [-0.2, 0) is 28.6 Å². The average molecular weight is 766 g/mol. The van der Waals surface area contributed by atoms with Gasteiger partial charge < -0.3 is 28.6 Å². The maximum Gasteiger partial charge on any atom is 0.306 e. The molecule has 0 fully saturated rings. The van der Waals surface area contributed by atoms with Gasteiger partial charge in [-0.1, -0.05) is 167 Å². The van der Waals surface area contributed by atoms with Crippen molar-refractivity contribution < 1.29 is 38.2 Å². The van der Waals surface area contributed by atoms with Crippen LogP contribution < -0.4 is 5.11 Å². The summed E-state index contributed by atoms with van der Waals surface area (Å²) >= 11 is 0. The van der Waals surface area contributed by atoms with Gasteiger partial charge in [0.05, 0.1) is 40.3 Å². The Balaban J connectivity index is 4.30. The van der Waals surface area contributed by atoms with Crippen molar-refractivity contribution in [3.05, 3.63) is 12.2 Å². The van der Waals surface area contributed by atoms with Gasteiger partial charge in [-0.15, -0.1) is 0 Å². The number of rotatable bonds is 41. The third kappa shape index (κ3) is 35.8. The van der Waals surface area contributed by atoms with Crippen molar-refractivity contribution in [1.29, 1.82) is 0 Å². The lowest BCUT2D eigenvalue weighted by atomic mass is 10.0. The van der Waals surface area contributed by atoms with Crippen LogP contribution in [0.3, 0.4) is 0 Å². The number of aliphatic carboxylic acids is 1. The Morgan fingerprint density at radius 2 is 0.926 bits per heavy atom. The van der Waals surface area contributed by atoms with Gasteiger partial charge in [0.1, 0.15) is 12.6 Å². The van der Waals surface area contributed by atoms with Gasteiger partial charge in [0.25, 0.3) is 0 Å². The van der Waals surface area contributed by atoms with Gasteiger partial charge in [-0.3, -0.25) is 9.59 Å². The second-order valence-electron chi connectivity index (χ2n) is 16.6. The minimum absolute atomic E-state index is 0.0445. The summed E-state index contributed by atoms with van der Waals surface area (Å²) in [5, 5.41) is 11.6. The zero-order valence-electron chi connectivity index (χ0n) is 36.2. The molecule has 0 aromatic carbocycles. The normalized spacial score (nSPS) is 13.0. The number of ether oxygens (including phenoxy) is 3. The fraction of sp³-hybridized carbons (Fsp3) is 0.891. The molecule has 0 saturated heterocycles. The molecule has 0 bridgehead atoms. The van der Waals surface area contributed by atoms with Crippen molar-refractivity contribution in [1.82, 2.24) is 0 Å². The van der Waals surface area contributed by atoms with E-state index in [-0.39, 0.29) is 42.7 Å². The van der Waals surface area contributed by atoms with Gasteiger partial charge >= 0.3 is 11.9 Å². The standard InChI is InChI=1S/C46H87NO7/c1-6-8-10-12-14-16-18-20-21-22-23-25-27-29-31-33-35-37-45(49)54-42(40-52-39-38-43(46(50)51)47(3,4)5)41-53-44(48)36-34-32-30-28-26-24-19-17-15-13-11-9-7-2/h20-21,42-43H,6-19,22-41H2,1-5H3/b21-20-. The molecule has 0 aliphatic carbocycles. The minimum atomic E-state index is -1.12. The topological polar surface area (TPSA) is 102 Å². The fourth-order valence-electron chi connectivity index (χ4n) is 6.83. The van der Waals surface area contributed by atoms with Crippen LogP contribution >= 0.6 is 0 Å². The van der Waals surface area contributed by atoms with E-state index in [1.165, 1.54) is 141 Å². The molecule has 8 heteroatoms. The van der Waals surface area contributed by atoms with Gasteiger partial charge in [0.2, 0.25) is 0 Å². The van der Waals surface area contributed by atoms with Crippen molar-refractivity contribution in [3.63, 3.8) is 0 Å². The lowest BCUT2D eigenvalue weighted by molar-refractivity contribution is -0.889. The first-order valence-corrected chi connectivity index (χ1v) is 22.7. The van der Waals surface area contributed by atoms with Crippen LogP contribution in [0.2, 0.25) is 0 Å². The highest BCUT2D eigenvalue weighted by Gasteiger charge is 2.25. The molecule has 0 saturated carbocycles. The smallest absolute Gasteiger partial charge is 0.306 e. The van der Waals surface area contributed by atoms with Crippen molar-refractivity contribution in [3.8, 4) is 0 Å². The van der Waals surface area contributed by atoms with Crippen LogP contribution in [0.1, 0.15) is 213 Å². The van der Waals surface area contributed by atoms with E-state index in [9.17, 15) is 19.5 Å². The molecule has 0 aliphatic rings. The third-order valence-electron chi connectivity index (χ3n) is 10.4. The first-order chi connectivity index (χ1) is 26.1. The molecule has 0 spiro atoms. The number of hydrogen-bond acceptors (Lipinski definition) is 7. The number of carboxylic acid groups (broad SMARTS) is 1. The Hall–Kier alpha value is -1.93. The maximum absolute atomic E-state index is 12.7. The molecule has 0 heterocycles. The van der Waals surface area contributed by atoms with E-state index in [1.807, 2.05) is 0 Å². The second-order valence-corrected chi connectivity index (χ2v) is 16.6. The number of esters is 2. The summed E-state index contributed by atoms with van der Waals surface area (Å²) in [6.45, 7) is 4.67. The molecular formula is C46H87NO7. The van der Waals surface area contributed by atoms with Crippen LogP contribution in [0.25, 0.3) is 0 Å². The molecule has 0 rings (SSSR count). The molecule has 2 unspecified atom stereocenters. The molecule has 0 amide bonds. The summed E-state index contributed by atoms with van der Waals surface area (Å²) in [5.74, 6) is -1.73. The zero-order valence-corrected chi connectivity index (χ0v) is 36.2. The Labute approximate surface area is 333 Å². The molecule has 0 aromatic rings. The zero-order chi connectivity index (χ0) is 40.0. The molecule has 2 atom stereocenters. The average Bonchev–Trinajstić information content (AvgIpc) is 3.12. The quantitative estimate of drug-likeness (QED) is 0.0264. The summed E-state index contributed by atoms with van der Waals surface area (Å²) in [6, 6.07) is -0.722. The Morgan fingerprint density at radius 3 is 1.33 bits per heavy atom. The van der Waals surface area contributed by atoms with E-state index < -0.39 is 18.1 Å². The molecule has 54 heavy (non-hydrogen) atoms. The molecule has 0 aliphatic heterocycles. The number of quaternary nitrogens is 1.